The molecule has 1 aromatic rings. The summed E-state index contributed by atoms with van der Waals surface area (Å²) in [5.74, 6) is 5.79. The summed E-state index contributed by atoms with van der Waals surface area (Å²) in [6.45, 7) is 3.93. The van der Waals surface area contributed by atoms with Gasteiger partial charge in [-0.2, -0.15) is 0 Å². The molecule has 1 rings (SSSR count). The van der Waals surface area contributed by atoms with Crippen LogP contribution in [0.3, 0.4) is 0 Å². The van der Waals surface area contributed by atoms with Crippen LogP contribution < -0.4 is 11.3 Å². The molecule has 1 heterocycles. The summed E-state index contributed by atoms with van der Waals surface area (Å²) >= 11 is 1.62. The number of aryl methyl sites for hydroxylation is 2. The van der Waals surface area contributed by atoms with Crippen LogP contribution in [0.1, 0.15) is 30.7 Å². The van der Waals surface area contributed by atoms with Gasteiger partial charge in [0.1, 0.15) is 0 Å². The van der Waals surface area contributed by atoms with Crippen molar-refractivity contribution in [2.24, 2.45) is 5.84 Å². The molecule has 17 heavy (non-hydrogen) atoms. The zero-order valence-electron chi connectivity index (χ0n) is 10.2. The van der Waals surface area contributed by atoms with Gasteiger partial charge < -0.3 is 0 Å². The molecule has 0 aromatic carbocycles. The van der Waals surface area contributed by atoms with Gasteiger partial charge in [-0.15, -0.1) is 0 Å². The second-order valence-electron chi connectivity index (χ2n) is 3.81. The molecule has 0 aliphatic rings. The number of rotatable bonds is 6. The van der Waals surface area contributed by atoms with Crippen LogP contribution in [-0.4, -0.2) is 21.6 Å². The van der Waals surface area contributed by atoms with E-state index < -0.39 is 0 Å². The van der Waals surface area contributed by atoms with Gasteiger partial charge in [0.15, 0.2) is 5.16 Å². The predicted molar refractivity (Wildman–Crippen MR) is 68.4 cm³/mol. The fraction of sp³-hybridized carbons (Fsp3) is 0.545. The number of aromatic nitrogens is 2. The van der Waals surface area contributed by atoms with Gasteiger partial charge in [-0.05, 0) is 32.8 Å². The zero-order valence-corrected chi connectivity index (χ0v) is 11.0. The van der Waals surface area contributed by atoms with Crippen LogP contribution in [0.4, 0.5) is 0 Å². The first kappa shape index (κ1) is 13.9. The van der Waals surface area contributed by atoms with Crippen LogP contribution in [0.5, 0.6) is 0 Å². The molecule has 0 spiro atoms. The fourth-order valence-corrected chi connectivity index (χ4v) is 2.33. The zero-order chi connectivity index (χ0) is 12.7. The number of carbonyl (C=O) groups excluding carboxylic acids is 1. The number of hydrogen-bond acceptors (Lipinski definition) is 5. The van der Waals surface area contributed by atoms with Crippen molar-refractivity contribution in [3.05, 3.63) is 17.5 Å². The van der Waals surface area contributed by atoms with Gasteiger partial charge in [-0.25, -0.2) is 15.8 Å². The molecule has 0 bridgehead atoms. The largest absolute Gasteiger partial charge is 0.294 e. The topological polar surface area (TPSA) is 80.9 Å². The number of nitrogens with two attached hydrogens (primary N) is 1. The summed E-state index contributed by atoms with van der Waals surface area (Å²) in [6.07, 6.45) is 2.26. The van der Waals surface area contributed by atoms with Crippen LogP contribution in [-0.2, 0) is 4.79 Å². The summed E-state index contributed by atoms with van der Waals surface area (Å²) < 4.78 is 0. The van der Waals surface area contributed by atoms with E-state index in [1.165, 1.54) is 0 Å². The second kappa shape index (κ2) is 7.24. The van der Waals surface area contributed by atoms with E-state index in [2.05, 4.69) is 15.4 Å². The van der Waals surface area contributed by atoms with Gasteiger partial charge in [0.2, 0.25) is 5.91 Å². The third-order valence-corrected chi connectivity index (χ3v) is 3.09. The standard InChI is InChI=1S/C11H18N4OS/c1-8-7-9(2)14-11(13-8)17-6-4-3-5-10(16)15-12/h7H,3-6,12H2,1-2H3,(H,15,16). The number of amides is 1. The monoisotopic (exact) mass is 254 g/mol. The van der Waals surface area contributed by atoms with E-state index >= 15 is 0 Å². The molecular formula is C11H18N4OS. The minimum Gasteiger partial charge on any atom is -0.294 e. The average molecular weight is 254 g/mol. The lowest BCUT2D eigenvalue weighted by molar-refractivity contribution is -0.121. The van der Waals surface area contributed by atoms with Crippen molar-refractivity contribution in [2.75, 3.05) is 5.75 Å². The Labute approximate surface area is 106 Å². The Morgan fingerprint density at radius 2 is 2.00 bits per heavy atom. The summed E-state index contributed by atoms with van der Waals surface area (Å²) in [4.78, 5) is 19.5. The lowest BCUT2D eigenvalue weighted by Crippen LogP contribution is -2.29. The maximum Gasteiger partial charge on any atom is 0.233 e. The molecule has 6 heteroatoms. The number of hydrogen-bond donors (Lipinski definition) is 2. The first-order valence-electron chi connectivity index (χ1n) is 5.56. The van der Waals surface area contributed by atoms with Crippen molar-refractivity contribution >= 4 is 17.7 Å². The van der Waals surface area contributed by atoms with Gasteiger partial charge in [0, 0.05) is 23.6 Å². The van der Waals surface area contributed by atoms with Gasteiger partial charge in [-0.1, -0.05) is 11.8 Å². The van der Waals surface area contributed by atoms with Crippen LogP contribution >= 0.6 is 11.8 Å². The minimum atomic E-state index is -0.113. The van der Waals surface area contributed by atoms with Crippen molar-refractivity contribution in [1.29, 1.82) is 0 Å². The van der Waals surface area contributed by atoms with E-state index in [4.69, 9.17) is 5.84 Å². The molecular weight excluding hydrogens is 236 g/mol. The highest BCUT2D eigenvalue weighted by Gasteiger charge is 2.01. The third-order valence-electron chi connectivity index (χ3n) is 2.15. The quantitative estimate of drug-likeness (QED) is 0.200. The summed E-state index contributed by atoms with van der Waals surface area (Å²) in [7, 11) is 0. The number of nitrogens with one attached hydrogen (secondary N) is 1. The van der Waals surface area contributed by atoms with E-state index in [0.29, 0.717) is 6.42 Å². The summed E-state index contributed by atoms with van der Waals surface area (Å²) in [5, 5.41) is 0.811. The fourth-order valence-electron chi connectivity index (χ4n) is 1.38. The molecule has 0 saturated carbocycles. The molecule has 0 aliphatic carbocycles. The molecule has 1 aromatic heterocycles. The van der Waals surface area contributed by atoms with Crippen molar-refractivity contribution in [3.63, 3.8) is 0 Å². The van der Waals surface area contributed by atoms with Crippen LogP contribution in [0.25, 0.3) is 0 Å². The number of unbranched alkanes of at least 4 members (excludes halogenated alkanes) is 1. The van der Waals surface area contributed by atoms with Gasteiger partial charge >= 0.3 is 0 Å². The highest BCUT2D eigenvalue weighted by molar-refractivity contribution is 7.99. The molecule has 3 N–H and O–H groups in total. The lowest BCUT2D eigenvalue weighted by Gasteiger charge is -2.03. The Kier molecular flexibility index (Phi) is 5.93. The maximum atomic E-state index is 10.9. The van der Waals surface area contributed by atoms with Crippen LogP contribution in [0, 0.1) is 13.8 Å². The Morgan fingerprint density at radius 1 is 1.35 bits per heavy atom. The number of nitrogens with zero attached hydrogens (tertiary/aromatic N) is 2. The van der Waals surface area contributed by atoms with E-state index in [9.17, 15) is 4.79 Å². The molecule has 0 atom stereocenters. The highest BCUT2D eigenvalue weighted by atomic mass is 32.2. The average Bonchev–Trinajstić information content (AvgIpc) is 2.27. The van der Waals surface area contributed by atoms with E-state index in [1.807, 2.05) is 19.9 Å². The van der Waals surface area contributed by atoms with Gasteiger partial charge in [-0.3, -0.25) is 10.2 Å². The Balaban J connectivity index is 2.24. The molecule has 0 saturated heterocycles. The first-order chi connectivity index (χ1) is 8.11. The molecule has 1 amide bonds. The highest BCUT2D eigenvalue weighted by Crippen LogP contribution is 2.16. The van der Waals surface area contributed by atoms with E-state index in [1.54, 1.807) is 11.8 Å². The lowest BCUT2D eigenvalue weighted by atomic mass is 10.2. The number of thioether (sulfide) groups is 1. The Bertz CT molecular complexity index is 363. The molecule has 5 nitrogen and oxygen atoms in total. The number of carbonyl (C=O) groups is 1. The second-order valence-corrected chi connectivity index (χ2v) is 4.87. The van der Waals surface area contributed by atoms with E-state index in [0.717, 1.165) is 35.1 Å². The summed E-state index contributed by atoms with van der Waals surface area (Å²) in [5.41, 5.74) is 4.09. The molecule has 0 radical (unpaired) electrons. The van der Waals surface area contributed by atoms with Crippen molar-refractivity contribution in [3.8, 4) is 0 Å². The van der Waals surface area contributed by atoms with Crippen molar-refractivity contribution in [1.82, 2.24) is 15.4 Å². The SMILES string of the molecule is Cc1cc(C)nc(SCCCCC(=O)NN)n1. The molecule has 94 valence electrons. The molecule has 0 aliphatic heterocycles. The first-order valence-corrected chi connectivity index (χ1v) is 6.55. The van der Waals surface area contributed by atoms with Gasteiger partial charge in [0.05, 0.1) is 0 Å². The minimum absolute atomic E-state index is 0.113. The Morgan fingerprint density at radius 3 is 2.59 bits per heavy atom. The smallest absolute Gasteiger partial charge is 0.233 e. The number of hydrazine groups is 1. The van der Waals surface area contributed by atoms with Crippen molar-refractivity contribution in [2.45, 2.75) is 38.3 Å². The predicted octanol–water partition coefficient (Wildman–Crippen LogP) is 1.35. The Hall–Kier alpha value is -1.14. The normalized spacial score (nSPS) is 10.3. The van der Waals surface area contributed by atoms with Crippen LogP contribution in [0.15, 0.2) is 11.2 Å². The van der Waals surface area contributed by atoms with Gasteiger partial charge in [0.25, 0.3) is 0 Å². The summed E-state index contributed by atoms with van der Waals surface area (Å²) in [6, 6.07) is 1.95. The maximum absolute atomic E-state index is 10.9. The van der Waals surface area contributed by atoms with Crippen molar-refractivity contribution < 1.29 is 4.79 Å². The molecule has 0 fully saturated rings. The van der Waals surface area contributed by atoms with Crippen LogP contribution in [0.2, 0.25) is 0 Å². The molecule has 0 unspecified atom stereocenters. The van der Waals surface area contributed by atoms with E-state index in [-0.39, 0.29) is 5.91 Å². The third kappa shape index (κ3) is 5.65.